The summed E-state index contributed by atoms with van der Waals surface area (Å²) in [7, 11) is 1.96. The van der Waals surface area contributed by atoms with Gasteiger partial charge < -0.3 is 5.11 Å². The van der Waals surface area contributed by atoms with Crippen LogP contribution in [0.4, 0.5) is 0 Å². The molecule has 0 radical (unpaired) electrons. The summed E-state index contributed by atoms with van der Waals surface area (Å²) in [6, 6.07) is 9.70. The van der Waals surface area contributed by atoms with Gasteiger partial charge in [0.2, 0.25) is 6.33 Å². The first-order valence-corrected chi connectivity index (χ1v) is 5.00. The van der Waals surface area contributed by atoms with Crippen molar-refractivity contribution in [3.63, 3.8) is 0 Å². The number of imidazole rings is 1. The Morgan fingerprint density at radius 1 is 1.33 bits per heavy atom. The van der Waals surface area contributed by atoms with Crippen LogP contribution in [0.1, 0.15) is 11.7 Å². The first kappa shape index (κ1) is 9.93. The van der Waals surface area contributed by atoms with Crippen LogP contribution in [0.25, 0.3) is 0 Å². The molecule has 2 aromatic rings. The summed E-state index contributed by atoms with van der Waals surface area (Å²) in [6.07, 6.45) is 5.41. The van der Waals surface area contributed by atoms with Crippen molar-refractivity contribution in [2.75, 3.05) is 0 Å². The highest BCUT2D eigenvalue weighted by molar-refractivity contribution is 5.17. The van der Waals surface area contributed by atoms with E-state index in [-0.39, 0.29) is 0 Å². The van der Waals surface area contributed by atoms with Crippen molar-refractivity contribution in [1.29, 1.82) is 0 Å². The van der Waals surface area contributed by atoms with Crippen LogP contribution in [-0.2, 0) is 13.6 Å². The van der Waals surface area contributed by atoms with Crippen LogP contribution in [0.5, 0.6) is 0 Å². The number of nitrogens with zero attached hydrogens (tertiary/aromatic N) is 2. The summed E-state index contributed by atoms with van der Waals surface area (Å²) >= 11 is 0. The smallest absolute Gasteiger partial charge is 0.243 e. The summed E-state index contributed by atoms with van der Waals surface area (Å²) in [5, 5.41) is 9.95. The number of rotatable bonds is 3. The molecule has 1 atom stereocenters. The van der Waals surface area contributed by atoms with Gasteiger partial charge in [0, 0.05) is 0 Å². The number of aromatic nitrogens is 2. The second-order valence-electron chi connectivity index (χ2n) is 3.70. The molecule has 3 heteroatoms. The molecule has 1 aromatic carbocycles. The van der Waals surface area contributed by atoms with E-state index in [9.17, 15) is 5.11 Å². The van der Waals surface area contributed by atoms with Crippen LogP contribution < -0.4 is 4.57 Å². The topological polar surface area (TPSA) is 29.0 Å². The lowest BCUT2D eigenvalue weighted by Crippen LogP contribution is -2.24. The Kier molecular flexibility index (Phi) is 2.83. The lowest BCUT2D eigenvalue weighted by Gasteiger charge is -2.07. The number of benzene rings is 1. The molecule has 78 valence electrons. The average Bonchev–Trinajstić information content (AvgIpc) is 2.65. The molecule has 2 rings (SSSR count). The monoisotopic (exact) mass is 203 g/mol. The molecule has 0 aliphatic rings. The average molecular weight is 203 g/mol. The van der Waals surface area contributed by atoms with E-state index < -0.39 is 6.10 Å². The Morgan fingerprint density at radius 3 is 2.67 bits per heavy atom. The van der Waals surface area contributed by atoms with Gasteiger partial charge in [-0.1, -0.05) is 30.3 Å². The minimum Gasteiger partial charge on any atom is -0.384 e. The normalized spacial score (nSPS) is 12.7. The number of aliphatic hydroxyl groups is 1. The molecule has 0 saturated heterocycles. The Morgan fingerprint density at radius 2 is 2.07 bits per heavy atom. The zero-order chi connectivity index (χ0) is 10.7. The molecule has 0 fully saturated rings. The maximum atomic E-state index is 9.95. The highest BCUT2D eigenvalue weighted by Crippen LogP contribution is 2.13. The van der Waals surface area contributed by atoms with E-state index >= 15 is 0 Å². The molecule has 0 unspecified atom stereocenters. The number of aryl methyl sites for hydroxylation is 1. The van der Waals surface area contributed by atoms with Gasteiger partial charge >= 0.3 is 0 Å². The van der Waals surface area contributed by atoms with Crippen LogP contribution in [0, 0.1) is 0 Å². The predicted octanol–water partition coefficient (Wildman–Crippen LogP) is 1.05. The highest BCUT2D eigenvalue weighted by atomic mass is 16.3. The molecule has 0 bridgehead atoms. The molecule has 0 amide bonds. The molecule has 0 aliphatic carbocycles. The first-order valence-electron chi connectivity index (χ1n) is 5.00. The van der Waals surface area contributed by atoms with Crippen LogP contribution in [-0.4, -0.2) is 9.67 Å². The number of hydrogen-bond acceptors (Lipinski definition) is 1. The third-order valence-corrected chi connectivity index (χ3v) is 2.39. The molecule has 1 N–H and O–H groups in total. The van der Waals surface area contributed by atoms with Crippen molar-refractivity contribution in [3.05, 3.63) is 54.6 Å². The van der Waals surface area contributed by atoms with Gasteiger partial charge in [-0.3, -0.25) is 0 Å². The van der Waals surface area contributed by atoms with Crippen LogP contribution in [0.3, 0.4) is 0 Å². The van der Waals surface area contributed by atoms with Crippen molar-refractivity contribution in [1.82, 2.24) is 4.57 Å². The fourth-order valence-corrected chi connectivity index (χ4v) is 1.59. The second-order valence-corrected chi connectivity index (χ2v) is 3.70. The Balaban J connectivity index is 2.07. The number of hydrogen-bond donors (Lipinski definition) is 1. The van der Waals surface area contributed by atoms with Gasteiger partial charge in [-0.05, 0) is 5.56 Å². The van der Waals surface area contributed by atoms with Gasteiger partial charge in [-0.25, -0.2) is 9.13 Å². The third-order valence-electron chi connectivity index (χ3n) is 2.39. The molecular formula is C12H15N2O+. The lowest BCUT2D eigenvalue weighted by molar-refractivity contribution is -0.671. The van der Waals surface area contributed by atoms with Crippen LogP contribution in [0.2, 0.25) is 0 Å². The van der Waals surface area contributed by atoms with E-state index in [2.05, 4.69) is 0 Å². The highest BCUT2D eigenvalue weighted by Gasteiger charge is 2.10. The van der Waals surface area contributed by atoms with E-state index in [1.165, 1.54) is 0 Å². The van der Waals surface area contributed by atoms with E-state index in [0.29, 0.717) is 6.54 Å². The summed E-state index contributed by atoms with van der Waals surface area (Å²) in [4.78, 5) is 0. The van der Waals surface area contributed by atoms with Crippen molar-refractivity contribution in [2.24, 2.45) is 7.05 Å². The Hall–Kier alpha value is -1.61. The molecule has 0 spiro atoms. The maximum Gasteiger partial charge on any atom is 0.243 e. The fraction of sp³-hybridized carbons (Fsp3) is 0.250. The molecule has 0 aliphatic heterocycles. The van der Waals surface area contributed by atoms with Gasteiger partial charge in [0.15, 0.2) is 0 Å². The lowest BCUT2D eigenvalue weighted by atomic mass is 10.1. The SMILES string of the molecule is C[n+]1ccn(C[C@@H](O)c2ccccc2)c1. The zero-order valence-electron chi connectivity index (χ0n) is 8.74. The molecule has 0 saturated carbocycles. The quantitative estimate of drug-likeness (QED) is 0.742. The predicted molar refractivity (Wildman–Crippen MR) is 57.0 cm³/mol. The van der Waals surface area contributed by atoms with Gasteiger partial charge in [0.25, 0.3) is 0 Å². The third kappa shape index (κ3) is 2.44. The van der Waals surface area contributed by atoms with E-state index in [1.807, 2.05) is 65.2 Å². The minimum absolute atomic E-state index is 0.446. The standard InChI is InChI=1S/C12H15N2O/c1-13-7-8-14(10-13)9-12(15)11-5-3-2-4-6-11/h2-8,10,12,15H,9H2,1H3/q+1/t12-/m1/s1. The summed E-state index contributed by atoms with van der Waals surface area (Å²) < 4.78 is 3.93. The van der Waals surface area contributed by atoms with Gasteiger partial charge in [-0.2, -0.15) is 0 Å². The summed E-state index contributed by atoms with van der Waals surface area (Å²) in [5.74, 6) is 0. The van der Waals surface area contributed by atoms with Crippen molar-refractivity contribution in [3.8, 4) is 0 Å². The van der Waals surface area contributed by atoms with Gasteiger partial charge in [0.1, 0.15) is 25.0 Å². The van der Waals surface area contributed by atoms with E-state index in [1.54, 1.807) is 0 Å². The van der Waals surface area contributed by atoms with E-state index in [0.717, 1.165) is 5.56 Å². The van der Waals surface area contributed by atoms with Gasteiger partial charge in [0.05, 0.1) is 7.05 Å². The fourth-order valence-electron chi connectivity index (χ4n) is 1.59. The molecule has 1 heterocycles. The van der Waals surface area contributed by atoms with Crippen molar-refractivity contribution in [2.45, 2.75) is 12.6 Å². The first-order chi connectivity index (χ1) is 7.25. The molecule has 3 nitrogen and oxygen atoms in total. The maximum absolute atomic E-state index is 9.95. The van der Waals surface area contributed by atoms with Crippen LogP contribution in [0.15, 0.2) is 49.1 Å². The summed E-state index contributed by atoms with van der Waals surface area (Å²) in [5.41, 5.74) is 0.953. The minimum atomic E-state index is -0.446. The zero-order valence-corrected chi connectivity index (χ0v) is 8.74. The Labute approximate surface area is 89.2 Å². The molecular weight excluding hydrogens is 188 g/mol. The Bertz CT molecular complexity index is 422. The summed E-state index contributed by atoms with van der Waals surface area (Å²) in [6.45, 7) is 0.588. The number of aliphatic hydroxyl groups excluding tert-OH is 1. The van der Waals surface area contributed by atoms with Crippen molar-refractivity contribution >= 4 is 0 Å². The second kappa shape index (κ2) is 4.28. The van der Waals surface area contributed by atoms with Crippen molar-refractivity contribution < 1.29 is 9.67 Å². The molecule has 15 heavy (non-hydrogen) atoms. The van der Waals surface area contributed by atoms with Crippen LogP contribution >= 0.6 is 0 Å². The van der Waals surface area contributed by atoms with E-state index in [4.69, 9.17) is 0 Å². The van der Waals surface area contributed by atoms with Gasteiger partial charge in [-0.15, -0.1) is 0 Å². The molecule has 1 aromatic heterocycles. The largest absolute Gasteiger partial charge is 0.384 e.